The smallest absolute Gasteiger partial charge is 0.115 e. The van der Waals surface area contributed by atoms with Crippen LogP contribution in [0.4, 0.5) is 4.39 Å². The topological polar surface area (TPSA) is 40.5 Å². The number of alkyl halides is 1. The molecule has 2 fully saturated rings. The predicted octanol–water partition coefficient (Wildman–Crippen LogP) is 4.19. The van der Waals surface area contributed by atoms with Gasteiger partial charge in [-0.3, -0.25) is 4.39 Å². The van der Waals surface area contributed by atoms with E-state index in [-0.39, 0.29) is 18.2 Å². The first kappa shape index (κ1) is 15.4. The molecule has 1 aromatic rings. The second-order valence-corrected chi connectivity index (χ2v) is 8.40. The van der Waals surface area contributed by atoms with Crippen LogP contribution in [0.25, 0.3) is 0 Å². The predicted molar refractivity (Wildman–Crippen MR) is 88.2 cm³/mol. The normalized spacial score (nSPS) is 42.0. The highest BCUT2D eigenvalue weighted by atomic mass is 19.1. The zero-order valence-corrected chi connectivity index (χ0v) is 13.8. The summed E-state index contributed by atoms with van der Waals surface area (Å²) in [6.45, 7) is 2.07. The number of benzene rings is 1. The van der Waals surface area contributed by atoms with E-state index >= 15 is 0 Å². The fourth-order valence-electron chi connectivity index (χ4n) is 6.22. The SMILES string of the molecule is C[C@]12CC[C@@H]3c4ccc(O)cc4C[C@@H](CCF)[C@H]3[C@@H]1C[C@@H](O)C2. The summed E-state index contributed by atoms with van der Waals surface area (Å²) in [5.41, 5.74) is 2.81. The lowest BCUT2D eigenvalue weighted by Crippen LogP contribution is -2.44. The Bertz CT molecular complexity index is 601. The number of hydrogen-bond donors (Lipinski definition) is 2. The summed E-state index contributed by atoms with van der Waals surface area (Å²) in [6.07, 6.45) is 5.37. The van der Waals surface area contributed by atoms with Crippen LogP contribution >= 0.6 is 0 Å². The first-order valence-electron chi connectivity index (χ1n) is 9.07. The molecule has 6 atom stereocenters. The monoisotopic (exact) mass is 318 g/mol. The number of halogens is 1. The van der Waals surface area contributed by atoms with Gasteiger partial charge in [-0.1, -0.05) is 13.0 Å². The number of rotatable bonds is 2. The van der Waals surface area contributed by atoms with E-state index in [9.17, 15) is 14.6 Å². The lowest BCUT2D eigenvalue weighted by atomic mass is 9.52. The van der Waals surface area contributed by atoms with Crippen LogP contribution in [-0.2, 0) is 6.42 Å². The van der Waals surface area contributed by atoms with Crippen molar-refractivity contribution in [3.63, 3.8) is 0 Å². The molecule has 0 amide bonds. The van der Waals surface area contributed by atoms with Gasteiger partial charge in [0.05, 0.1) is 12.8 Å². The minimum absolute atomic E-state index is 0.184. The Labute approximate surface area is 137 Å². The molecule has 3 aliphatic carbocycles. The van der Waals surface area contributed by atoms with E-state index in [0.29, 0.717) is 35.8 Å². The van der Waals surface area contributed by atoms with Crippen molar-refractivity contribution in [2.75, 3.05) is 6.67 Å². The highest BCUT2D eigenvalue weighted by molar-refractivity contribution is 5.40. The fourth-order valence-corrected chi connectivity index (χ4v) is 6.22. The average molecular weight is 318 g/mol. The van der Waals surface area contributed by atoms with E-state index in [4.69, 9.17) is 0 Å². The second-order valence-electron chi connectivity index (χ2n) is 8.40. The van der Waals surface area contributed by atoms with Gasteiger partial charge in [0.15, 0.2) is 0 Å². The zero-order chi connectivity index (χ0) is 16.2. The minimum atomic E-state index is -0.270. The van der Waals surface area contributed by atoms with Crippen molar-refractivity contribution in [1.29, 1.82) is 0 Å². The Morgan fingerprint density at radius 1 is 1.35 bits per heavy atom. The van der Waals surface area contributed by atoms with E-state index in [1.807, 2.05) is 6.07 Å². The number of aliphatic hydroxyl groups is 1. The first-order chi connectivity index (χ1) is 11.0. The van der Waals surface area contributed by atoms with Crippen LogP contribution < -0.4 is 0 Å². The van der Waals surface area contributed by atoms with Crippen LogP contribution in [0.5, 0.6) is 5.75 Å². The van der Waals surface area contributed by atoms with Gasteiger partial charge in [-0.05, 0) is 90.9 Å². The molecular weight excluding hydrogens is 291 g/mol. The largest absolute Gasteiger partial charge is 0.508 e. The van der Waals surface area contributed by atoms with E-state index in [1.54, 1.807) is 6.07 Å². The zero-order valence-electron chi connectivity index (χ0n) is 13.8. The Kier molecular flexibility index (Phi) is 3.67. The standard InChI is InChI=1S/C20H27FO2/c1-20-6-4-17-16-3-2-14(22)9-13(16)8-12(5-7-21)19(17)18(20)10-15(23)11-20/h2-3,9,12,15,17-19,22-23H,4-8,10-11H2,1H3/t12-,15-,17-,18+,19-,20-/m1/s1. The van der Waals surface area contributed by atoms with Crippen molar-refractivity contribution >= 4 is 0 Å². The van der Waals surface area contributed by atoms with Crippen molar-refractivity contribution in [3.05, 3.63) is 29.3 Å². The number of hydrogen-bond acceptors (Lipinski definition) is 2. The molecule has 2 N–H and O–H groups in total. The Balaban J connectivity index is 1.75. The van der Waals surface area contributed by atoms with Crippen LogP contribution in [-0.4, -0.2) is 23.0 Å². The maximum Gasteiger partial charge on any atom is 0.115 e. The van der Waals surface area contributed by atoms with Crippen LogP contribution in [0.1, 0.15) is 56.1 Å². The summed E-state index contributed by atoms with van der Waals surface area (Å²) in [5.74, 6) is 2.13. The maximum atomic E-state index is 13.2. The summed E-state index contributed by atoms with van der Waals surface area (Å²) in [5, 5.41) is 20.1. The van der Waals surface area contributed by atoms with Gasteiger partial charge in [0, 0.05) is 0 Å². The van der Waals surface area contributed by atoms with E-state index < -0.39 is 0 Å². The Morgan fingerprint density at radius 3 is 2.96 bits per heavy atom. The summed E-state index contributed by atoms with van der Waals surface area (Å²) >= 11 is 0. The third-order valence-electron chi connectivity index (χ3n) is 7.11. The lowest BCUT2D eigenvalue weighted by Gasteiger charge is -2.52. The molecule has 0 bridgehead atoms. The van der Waals surface area contributed by atoms with E-state index in [2.05, 4.69) is 13.0 Å². The van der Waals surface area contributed by atoms with Gasteiger partial charge in [-0.25, -0.2) is 0 Å². The second kappa shape index (κ2) is 5.47. The molecule has 2 nitrogen and oxygen atoms in total. The Hall–Kier alpha value is -1.09. The Morgan fingerprint density at radius 2 is 2.17 bits per heavy atom. The van der Waals surface area contributed by atoms with E-state index in [0.717, 1.165) is 32.1 Å². The molecule has 3 heteroatoms. The summed E-state index contributed by atoms with van der Waals surface area (Å²) < 4.78 is 13.2. The number of phenols is 1. The van der Waals surface area contributed by atoms with E-state index in [1.165, 1.54) is 11.1 Å². The number of aromatic hydroxyl groups is 1. The summed E-state index contributed by atoms with van der Waals surface area (Å²) in [4.78, 5) is 0. The molecule has 4 rings (SSSR count). The van der Waals surface area contributed by atoms with Crippen molar-refractivity contribution in [2.45, 2.75) is 57.5 Å². The van der Waals surface area contributed by atoms with Crippen LogP contribution in [0.15, 0.2) is 18.2 Å². The molecule has 1 aromatic carbocycles. The summed E-state index contributed by atoms with van der Waals surface area (Å²) in [6, 6.07) is 5.76. The third-order valence-corrected chi connectivity index (χ3v) is 7.11. The van der Waals surface area contributed by atoms with Crippen molar-refractivity contribution < 1.29 is 14.6 Å². The molecule has 0 aromatic heterocycles. The van der Waals surface area contributed by atoms with Gasteiger partial charge in [0.25, 0.3) is 0 Å². The van der Waals surface area contributed by atoms with Gasteiger partial charge in [0.1, 0.15) is 5.75 Å². The molecule has 0 aliphatic heterocycles. The molecule has 0 unspecified atom stereocenters. The van der Waals surface area contributed by atoms with Gasteiger partial charge < -0.3 is 10.2 Å². The van der Waals surface area contributed by atoms with Gasteiger partial charge in [-0.15, -0.1) is 0 Å². The quantitative estimate of drug-likeness (QED) is 0.858. The lowest BCUT2D eigenvalue weighted by molar-refractivity contribution is 0.0214. The molecule has 0 radical (unpaired) electrons. The molecule has 0 spiro atoms. The van der Waals surface area contributed by atoms with Crippen LogP contribution in [0, 0.1) is 23.2 Å². The molecular formula is C20H27FO2. The van der Waals surface area contributed by atoms with Crippen LogP contribution in [0.3, 0.4) is 0 Å². The van der Waals surface area contributed by atoms with Gasteiger partial charge >= 0.3 is 0 Å². The maximum absolute atomic E-state index is 13.2. The average Bonchev–Trinajstić information content (AvgIpc) is 2.81. The number of aliphatic hydroxyl groups excluding tert-OH is 1. The summed E-state index contributed by atoms with van der Waals surface area (Å²) in [7, 11) is 0. The fraction of sp³-hybridized carbons (Fsp3) is 0.700. The number of phenolic OH excluding ortho intramolecular Hbond substituents is 1. The first-order valence-corrected chi connectivity index (χ1v) is 9.07. The van der Waals surface area contributed by atoms with Crippen LogP contribution in [0.2, 0.25) is 0 Å². The van der Waals surface area contributed by atoms with Crippen molar-refractivity contribution in [3.8, 4) is 5.75 Å². The molecule has 0 saturated heterocycles. The highest BCUT2D eigenvalue weighted by Gasteiger charge is 2.55. The van der Waals surface area contributed by atoms with Crippen molar-refractivity contribution in [1.82, 2.24) is 0 Å². The third kappa shape index (κ3) is 2.39. The highest BCUT2D eigenvalue weighted by Crippen LogP contribution is 2.62. The molecule has 126 valence electrons. The minimum Gasteiger partial charge on any atom is -0.508 e. The van der Waals surface area contributed by atoms with Gasteiger partial charge in [0.2, 0.25) is 0 Å². The van der Waals surface area contributed by atoms with Gasteiger partial charge in [-0.2, -0.15) is 0 Å². The molecule has 0 heterocycles. The molecule has 23 heavy (non-hydrogen) atoms. The number of fused-ring (bicyclic) bond motifs is 5. The van der Waals surface area contributed by atoms with Crippen molar-refractivity contribution in [2.24, 2.45) is 23.2 Å². The molecule has 3 aliphatic rings. The molecule has 2 saturated carbocycles.